The van der Waals surface area contributed by atoms with Crippen molar-refractivity contribution in [1.29, 1.82) is 0 Å². The molecule has 1 N–H and O–H groups in total. The Morgan fingerprint density at radius 3 is 3.09 bits per heavy atom. The molecule has 6 heteroatoms. The van der Waals surface area contributed by atoms with Gasteiger partial charge in [0.15, 0.2) is 0 Å². The predicted octanol–water partition coefficient (Wildman–Crippen LogP) is 1.41. The molecule has 0 radical (unpaired) electrons. The third-order valence-corrected chi connectivity index (χ3v) is 5.06. The van der Waals surface area contributed by atoms with Gasteiger partial charge in [-0.15, -0.1) is 0 Å². The second kappa shape index (κ2) is 6.71. The van der Waals surface area contributed by atoms with Crippen molar-refractivity contribution < 1.29 is 9.47 Å². The Morgan fingerprint density at radius 1 is 1.30 bits per heavy atom. The third-order valence-electron chi connectivity index (χ3n) is 5.06. The molecule has 0 amide bonds. The molecule has 23 heavy (non-hydrogen) atoms. The van der Waals surface area contributed by atoms with Crippen LogP contribution < -0.4 is 5.32 Å². The van der Waals surface area contributed by atoms with Gasteiger partial charge in [-0.05, 0) is 25.2 Å². The van der Waals surface area contributed by atoms with Crippen molar-refractivity contribution in [3.63, 3.8) is 0 Å². The molecule has 0 bridgehead atoms. The first kappa shape index (κ1) is 15.3. The molecule has 1 spiro atoms. The number of nitrogens with one attached hydrogen (secondary N) is 1. The Hall–Kier alpha value is -1.24. The molecule has 1 saturated carbocycles. The van der Waals surface area contributed by atoms with Crippen molar-refractivity contribution in [2.45, 2.75) is 24.9 Å². The highest BCUT2D eigenvalue weighted by Gasteiger charge is 2.43. The molecule has 1 aliphatic carbocycles. The van der Waals surface area contributed by atoms with Gasteiger partial charge in [-0.2, -0.15) is 0 Å². The van der Waals surface area contributed by atoms with Crippen LogP contribution in [0.2, 0.25) is 0 Å². The molecule has 1 aromatic rings. The molecule has 3 fully saturated rings. The molecule has 3 aliphatic rings. The lowest BCUT2D eigenvalue weighted by molar-refractivity contribution is -0.0559. The first-order chi connectivity index (χ1) is 11.3. The maximum absolute atomic E-state index is 6.25. The van der Waals surface area contributed by atoms with Crippen molar-refractivity contribution in [1.82, 2.24) is 14.9 Å². The van der Waals surface area contributed by atoms with Crippen molar-refractivity contribution in [2.24, 2.45) is 11.8 Å². The van der Waals surface area contributed by atoms with Gasteiger partial charge in [-0.3, -0.25) is 9.88 Å². The summed E-state index contributed by atoms with van der Waals surface area (Å²) in [7, 11) is 0. The van der Waals surface area contributed by atoms with Crippen LogP contribution in [0, 0.1) is 11.8 Å². The van der Waals surface area contributed by atoms with E-state index in [1.54, 1.807) is 18.6 Å². The first-order valence-corrected chi connectivity index (χ1v) is 8.75. The van der Waals surface area contributed by atoms with Gasteiger partial charge in [0, 0.05) is 44.5 Å². The normalized spacial score (nSPS) is 32.1. The summed E-state index contributed by atoms with van der Waals surface area (Å²) in [4.78, 5) is 10.9. The van der Waals surface area contributed by atoms with E-state index in [9.17, 15) is 0 Å². The number of aromatic nitrogens is 2. The highest BCUT2D eigenvalue weighted by Crippen LogP contribution is 2.35. The van der Waals surface area contributed by atoms with E-state index in [1.807, 2.05) is 0 Å². The molecular weight excluding hydrogens is 292 g/mol. The predicted molar refractivity (Wildman–Crippen MR) is 87.3 cm³/mol. The largest absolute Gasteiger partial charge is 0.377 e. The average Bonchev–Trinajstić information content (AvgIpc) is 3.33. The quantitative estimate of drug-likeness (QED) is 0.886. The molecule has 2 unspecified atom stereocenters. The minimum Gasteiger partial charge on any atom is -0.377 e. The monoisotopic (exact) mass is 318 g/mol. The van der Waals surface area contributed by atoms with Crippen LogP contribution in [0.25, 0.3) is 0 Å². The number of ether oxygens (including phenoxy) is 2. The Kier molecular flexibility index (Phi) is 4.46. The zero-order valence-electron chi connectivity index (χ0n) is 13.6. The Labute approximate surface area is 137 Å². The molecular formula is C17H26N4O2. The number of hydrogen-bond acceptors (Lipinski definition) is 6. The number of anilines is 1. The molecule has 2 saturated heterocycles. The second-order valence-corrected chi connectivity index (χ2v) is 7.27. The van der Waals surface area contributed by atoms with Gasteiger partial charge in [0.25, 0.3) is 0 Å². The third kappa shape index (κ3) is 4.00. The van der Waals surface area contributed by atoms with Crippen LogP contribution in [-0.2, 0) is 9.47 Å². The minimum absolute atomic E-state index is 0.111. The van der Waals surface area contributed by atoms with Crippen LogP contribution in [0.5, 0.6) is 0 Å². The summed E-state index contributed by atoms with van der Waals surface area (Å²) in [6.07, 6.45) is 9.02. The summed E-state index contributed by atoms with van der Waals surface area (Å²) in [5, 5.41) is 3.37. The minimum atomic E-state index is -0.111. The summed E-state index contributed by atoms with van der Waals surface area (Å²) < 4.78 is 12.1. The highest BCUT2D eigenvalue weighted by atomic mass is 16.5. The smallest absolute Gasteiger partial charge is 0.144 e. The Morgan fingerprint density at radius 2 is 2.26 bits per heavy atom. The standard InChI is InChI=1S/C17H26N4O2/c1-2-14(1)10-21-5-6-22-13-17(12-21)7-15(11-23-17)8-20-16-9-18-3-4-19-16/h3-4,9,14-15H,1-2,5-8,10-13H2,(H,19,20). The van der Waals surface area contributed by atoms with Crippen molar-refractivity contribution in [2.75, 3.05) is 51.3 Å². The van der Waals surface area contributed by atoms with Crippen LogP contribution in [0.1, 0.15) is 19.3 Å². The topological polar surface area (TPSA) is 59.5 Å². The summed E-state index contributed by atoms with van der Waals surface area (Å²) in [5.41, 5.74) is -0.111. The maximum atomic E-state index is 6.25. The molecule has 126 valence electrons. The second-order valence-electron chi connectivity index (χ2n) is 7.27. The molecule has 2 atom stereocenters. The molecule has 4 rings (SSSR count). The summed E-state index contributed by atoms with van der Waals surface area (Å²) in [6, 6.07) is 0. The van der Waals surface area contributed by atoms with E-state index in [1.165, 1.54) is 19.4 Å². The van der Waals surface area contributed by atoms with E-state index in [0.29, 0.717) is 5.92 Å². The van der Waals surface area contributed by atoms with E-state index in [2.05, 4.69) is 20.2 Å². The Balaban J connectivity index is 1.31. The molecule has 0 aromatic carbocycles. The van der Waals surface area contributed by atoms with Gasteiger partial charge in [-0.25, -0.2) is 4.98 Å². The van der Waals surface area contributed by atoms with E-state index in [0.717, 1.165) is 57.6 Å². The fraction of sp³-hybridized carbons (Fsp3) is 0.765. The van der Waals surface area contributed by atoms with E-state index in [4.69, 9.17) is 9.47 Å². The van der Waals surface area contributed by atoms with E-state index in [-0.39, 0.29) is 5.60 Å². The maximum Gasteiger partial charge on any atom is 0.144 e. The van der Waals surface area contributed by atoms with Crippen molar-refractivity contribution >= 4 is 5.82 Å². The van der Waals surface area contributed by atoms with Gasteiger partial charge in [0.1, 0.15) is 11.4 Å². The van der Waals surface area contributed by atoms with Gasteiger partial charge in [0.2, 0.25) is 0 Å². The molecule has 3 heterocycles. The fourth-order valence-electron chi connectivity index (χ4n) is 3.73. The highest BCUT2D eigenvalue weighted by molar-refractivity contribution is 5.29. The summed E-state index contributed by atoms with van der Waals surface area (Å²) >= 11 is 0. The summed E-state index contributed by atoms with van der Waals surface area (Å²) in [5.74, 6) is 2.25. The van der Waals surface area contributed by atoms with Crippen LogP contribution in [0.15, 0.2) is 18.6 Å². The number of rotatable bonds is 5. The van der Waals surface area contributed by atoms with Crippen molar-refractivity contribution in [3.8, 4) is 0 Å². The van der Waals surface area contributed by atoms with E-state index >= 15 is 0 Å². The zero-order valence-corrected chi connectivity index (χ0v) is 13.6. The fourth-order valence-corrected chi connectivity index (χ4v) is 3.73. The van der Waals surface area contributed by atoms with Crippen LogP contribution in [0.4, 0.5) is 5.82 Å². The summed E-state index contributed by atoms with van der Waals surface area (Å²) in [6.45, 7) is 6.53. The zero-order chi connectivity index (χ0) is 15.5. The number of hydrogen-bond donors (Lipinski definition) is 1. The average molecular weight is 318 g/mol. The lowest BCUT2D eigenvalue weighted by atomic mass is 9.94. The van der Waals surface area contributed by atoms with Gasteiger partial charge in [0.05, 0.1) is 26.0 Å². The Bertz CT molecular complexity index is 511. The van der Waals surface area contributed by atoms with Gasteiger partial charge < -0.3 is 14.8 Å². The molecule has 1 aromatic heterocycles. The molecule has 6 nitrogen and oxygen atoms in total. The van der Waals surface area contributed by atoms with Crippen molar-refractivity contribution in [3.05, 3.63) is 18.6 Å². The van der Waals surface area contributed by atoms with Gasteiger partial charge in [-0.1, -0.05) is 0 Å². The lowest BCUT2D eigenvalue weighted by Gasteiger charge is -2.31. The molecule has 2 aliphatic heterocycles. The van der Waals surface area contributed by atoms with Crippen LogP contribution in [-0.4, -0.2) is 66.5 Å². The van der Waals surface area contributed by atoms with Gasteiger partial charge >= 0.3 is 0 Å². The number of nitrogens with zero attached hydrogens (tertiary/aromatic N) is 3. The van der Waals surface area contributed by atoms with E-state index < -0.39 is 0 Å². The van der Waals surface area contributed by atoms with Crippen LogP contribution in [0.3, 0.4) is 0 Å². The lowest BCUT2D eigenvalue weighted by Crippen LogP contribution is -2.44. The SMILES string of the molecule is c1cnc(NCC2COC3(COCCN(CC4CC4)C3)C2)cn1. The first-order valence-electron chi connectivity index (χ1n) is 8.75. The van der Waals surface area contributed by atoms with Crippen LogP contribution >= 0.6 is 0 Å².